The van der Waals surface area contributed by atoms with E-state index < -0.39 is 35.3 Å². The van der Waals surface area contributed by atoms with Gasteiger partial charge in [-0.2, -0.15) is 0 Å². The van der Waals surface area contributed by atoms with Crippen molar-refractivity contribution in [3.63, 3.8) is 0 Å². The highest BCUT2D eigenvalue weighted by molar-refractivity contribution is 6.49. The minimum atomic E-state index is -1.29. The van der Waals surface area contributed by atoms with Gasteiger partial charge in [0.1, 0.15) is 29.4 Å². The van der Waals surface area contributed by atoms with Crippen LogP contribution in [0.25, 0.3) is 11.3 Å². The number of ketones is 2. The van der Waals surface area contributed by atoms with Crippen molar-refractivity contribution in [3.05, 3.63) is 102 Å². The molecule has 1 aliphatic rings. The second-order valence-corrected chi connectivity index (χ2v) is 8.04. The second kappa shape index (κ2) is 8.98. The Morgan fingerprint density at radius 1 is 0.943 bits per heavy atom. The van der Waals surface area contributed by atoms with E-state index in [0.717, 1.165) is 5.56 Å². The number of halogens is 1. The maximum atomic E-state index is 13.7. The predicted octanol–water partition coefficient (Wildman–Crippen LogP) is 4.65. The molecular weight excluding hydrogens is 451 g/mol. The Morgan fingerprint density at radius 3 is 2.23 bits per heavy atom. The number of Topliss-reactive ketones (excluding diaryl/α,β-unsaturated/α-hetero) is 2. The number of benzene rings is 3. The molecule has 2 atom stereocenters. The number of methoxy groups -OCH3 is 1. The summed E-state index contributed by atoms with van der Waals surface area (Å²) in [6.45, 7) is 0. The van der Waals surface area contributed by atoms with Gasteiger partial charge < -0.3 is 9.26 Å². The zero-order chi connectivity index (χ0) is 24.5. The fourth-order valence-corrected chi connectivity index (χ4v) is 4.30. The van der Waals surface area contributed by atoms with Gasteiger partial charge in [0, 0.05) is 22.9 Å². The van der Waals surface area contributed by atoms with Crippen molar-refractivity contribution in [2.24, 2.45) is 5.92 Å². The third-order valence-corrected chi connectivity index (χ3v) is 6.05. The van der Waals surface area contributed by atoms with Crippen molar-refractivity contribution in [1.82, 2.24) is 5.16 Å². The van der Waals surface area contributed by atoms with Crippen LogP contribution in [0.1, 0.15) is 22.0 Å². The van der Waals surface area contributed by atoms with Crippen LogP contribution in [0.3, 0.4) is 0 Å². The minimum Gasteiger partial charge on any atom is -0.497 e. The van der Waals surface area contributed by atoms with Gasteiger partial charge in [0.15, 0.2) is 5.78 Å². The highest BCUT2D eigenvalue weighted by Gasteiger charge is 2.52. The van der Waals surface area contributed by atoms with E-state index in [4.69, 9.17) is 9.26 Å². The number of nitrogens with zero attached hydrogens (tertiary/aromatic N) is 2. The molecule has 0 radical (unpaired) electrons. The fraction of sp³-hybridized carbons (Fsp3) is 0.111. The number of hydrogen-bond acceptors (Lipinski definition) is 6. The molecular formula is C27H19FN2O5. The Balaban J connectivity index is 1.57. The standard InChI is InChI=1S/C27H19FN2O5/c1-34-21-12-6-18(7-13-21)25(31)23-24(17-2-8-19(28)9-3-17)30(27(33)26(23)32)20-10-4-16(5-11-20)22-14-15-35-29-22/h2-15,23-24H,1H3. The van der Waals surface area contributed by atoms with Crippen molar-refractivity contribution in [3.8, 4) is 17.0 Å². The van der Waals surface area contributed by atoms with Crippen LogP contribution >= 0.6 is 0 Å². The predicted molar refractivity (Wildman–Crippen MR) is 124 cm³/mol. The maximum Gasteiger partial charge on any atom is 0.295 e. The number of amides is 1. The highest BCUT2D eigenvalue weighted by atomic mass is 19.1. The van der Waals surface area contributed by atoms with Gasteiger partial charge >= 0.3 is 0 Å². The Labute approximate surface area is 199 Å². The molecule has 1 aromatic heterocycles. The largest absolute Gasteiger partial charge is 0.497 e. The van der Waals surface area contributed by atoms with Gasteiger partial charge in [0.05, 0.1) is 13.2 Å². The molecule has 8 heteroatoms. The summed E-state index contributed by atoms with van der Waals surface area (Å²) >= 11 is 0. The van der Waals surface area contributed by atoms with Crippen molar-refractivity contribution in [2.75, 3.05) is 12.0 Å². The number of anilines is 1. The first-order valence-corrected chi connectivity index (χ1v) is 10.8. The lowest BCUT2D eigenvalue weighted by molar-refractivity contribution is -0.135. The van der Waals surface area contributed by atoms with Crippen LogP contribution < -0.4 is 9.64 Å². The number of aromatic nitrogens is 1. The molecule has 7 nitrogen and oxygen atoms in total. The molecule has 4 aromatic rings. The second-order valence-electron chi connectivity index (χ2n) is 8.04. The third kappa shape index (κ3) is 3.99. The molecule has 5 rings (SSSR count). The van der Waals surface area contributed by atoms with Gasteiger partial charge in [-0.25, -0.2) is 4.39 Å². The third-order valence-electron chi connectivity index (χ3n) is 6.05. The average molecular weight is 470 g/mol. The summed E-state index contributed by atoms with van der Waals surface area (Å²) in [5, 5.41) is 3.89. The summed E-state index contributed by atoms with van der Waals surface area (Å²) in [6, 6.07) is 19.4. The van der Waals surface area contributed by atoms with Crippen LogP contribution in [0.5, 0.6) is 5.75 Å². The molecule has 1 fully saturated rings. The van der Waals surface area contributed by atoms with Crippen LogP contribution in [0.15, 0.2) is 89.6 Å². The Hall–Kier alpha value is -4.59. The van der Waals surface area contributed by atoms with Crippen LogP contribution in [0.2, 0.25) is 0 Å². The van der Waals surface area contributed by atoms with E-state index in [-0.39, 0.29) is 5.56 Å². The molecule has 1 saturated heterocycles. The van der Waals surface area contributed by atoms with Gasteiger partial charge in [0.2, 0.25) is 5.78 Å². The van der Waals surface area contributed by atoms with Gasteiger partial charge in [-0.15, -0.1) is 0 Å². The Bertz CT molecular complexity index is 1380. The summed E-state index contributed by atoms with van der Waals surface area (Å²) in [6.07, 6.45) is 1.45. The SMILES string of the molecule is COc1ccc(C(=O)C2C(=O)C(=O)N(c3ccc(-c4ccon4)cc3)C2c2ccc(F)cc2)cc1. The number of rotatable bonds is 6. The summed E-state index contributed by atoms with van der Waals surface area (Å²) in [5.74, 6) is -3.33. The first-order chi connectivity index (χ1) is 17.0. The normalized spacial score (nSPS) is 17.6. The lowest BCUT2D eigenvalue weighted by atomic mass is 9.86. The van der Waals surface area contributed by atoms with Crippen LogP contribution in [0, 0.1) is 11.7 Å². The molecule has 0 bridgehead atoms. The zero-order valence-corrected chi connectivity index (χ0v) is 18.6. The Kier molecular flexibility index (Phi) is 5.70. The quantitative estimate of drug-likeness (QED) is 0.232. The number of carbonyl (C=O) groups excluding carboxylic acids is 3. The van der Waals surface area contributed by atoms with Crippen LogP contribution in [-0.2, 0) is 9.59 Å². The molecule has 2 unspecified atom stereocenters. The summed E-state index contributed by atoms with van der Waals surface area (Å²) < 4.78 is 23.7. The van der Waals surface area contributed by atoms with E-state index >= 15 is 0 Å². The molecule has 0 spiro atoms. The minimum absolute atomic E-state index is 0.271. The van der Waals surface area contributed by atoms with Crippen molar-refractivity contribution < 1.29 is 28.0 Å². The van der Waals surface area contributed by atoms with Gasteiger partial charge in [-0.05, 0) is 54.1 Å². The van der Waals surface area contributed by atoms with E-state index in [1.54, 1.807) is 54.6 Å². The molecule has 1 amide bonds. The Morgan fingerprint density at radius 2 is 1.63 bits per heavy atom. The fourth-order valence-electron chi connectivity index (χ4n) is 4.30. The van der Waals surface area contributed by atoms with Crippen LogP contribution in [-0.4, -0.2) is 29.7 Å². The van der Waals surface area contributed by atoms with Gasteiger partial charge in [-0.3, -0.25) is 19.3 Å². The highest BCUT2D eigenvalue weighted by Crippen LogP contribution is 2.41. The first-order valence-electron chi connectivity index (χ1n) is 10.8. The summed E-state index contributed by atoms with van der Waals surface area (Å²) in [4.78, 5) is 41.2. The average Bonchev–Trinajstić information content (AvgIpc) is 3.52. The molecule has 1 aliphatic heterocycles. The molecule has 0 N–H and O–H groups in total. The monoisotopic (exact) mass is 470 g/mol. The first kappa shape index (κ1) is 22.2. The van der Waals surface area contributed by atoms with Gasteiger partial charge in [0.25, 0.3) is 5.91 Å². The van der Waals surface area contributed by atoms with E-state index in [1.165, 1.54) is 42.5 Å². The van der Waals surface area contributed by atoms with Crippen molar-refractivity contribution >= 4 is 23.2 Å². The molecule has 2 heterocycles. The number of ether oxygens (including phenoxy) is 1. The molecule has 0 aliphatic carbocycles. The number of hydrogen-bond donors (Lipinski definition) is 0. The molecule has 3 aromatic carbocycles. The molecule has 174 valence electrons. The maximum absolute atomic E-state index is 13.7. The summed E-state index contributed by atoms with van der Waals surface area (Å²) in [5.41, 5.74) is 2.54. The van der Waals surface area contributed by atoms with E-state index in [2.05, 4.69) is 5.16 Å². The lowest BCUT2D eigenvalue weighted by Crippen LogP contribution is -2.30. The zero-order valence-electron chi connectivity index (χ0n) is 18.6. The van der Waals surface area contributed by atoms with E-state index in [9.17, 15) is 18.8 Å². The smallest absolute Gasteiger partial charge is 0.295 e. The van der Waals surface area contributed by atoms with Crippen molar-refractivity contribution in [1.29, 1.82) is 0 Å². The van der Waals surface area contributed by atoms with Gasteiger partial charge in [-0.1, -0.05) is 29.4 Å². The van der Waals surface area contributed by atoms with Crippen molar-refractivity contribution in [2.45, 2.75) is 6.04 Å². The topological polar surface area (TPSA) is 89.7 Å². The van der Waals surface area contributed by atoms with Crippen LogP contribution in [0.4, 0.5) is 10.1 Å². The van der Waals surface area contributed by atoms with E-state index in [0.29, 0.717) is 22.7 Å². The molecule has 0 saturated carbocycles. The van der Waals surface area contributed by atoms with E-state index in [1.807, 2.05) is 0 Å². The number of carbonyl (C=O) groups is 3. The molecule has 35 heavy (non-hydrogen) atoms. The lowest BCUT2D eigenvalue weighted by Gasteiger charge is -2.27. The summed E-state index contributed by atoms with van der Waals surface area (Å²) in [7, 11) is 1.51.